The lowest BCUT2D eigenvalue weighted by atomic mass is 10.1. The minimum absolute atomic E-state index is 0.117. The first-order valence-corrected chi connectivity index (χ1v) is 11.5. The Hall–Kier alpha value is -2.90. The van der Waals surface area contributed by atoms with Crippen LogP contribution < -0.4 is 4.74 Å². The van der Waals surface area contributed by atoms with E-state index in [4.69, 9.17) is 9.47 Å². The summed E-state index contributed by atoms with van der Waals surface area (Å²) in [5.74, 6) is 0.298. The molecule has 1 unspecified atom stereocenters. The van der Waals surface area contributed by atoms with E-state index in [1.165, 1.54) is 12.1 Å². The summed E-state index contributed by atoms with van der Waals surface area (Å²) in [6.07, 6.45) is 0. The molecule has 0 aliphatic rings. The van der Waals surface area contributed by atoms with Crippen LogP contribution in [-0.2, 0) is 14.6 Å². The highest BCUT2D eigenvalue weighted by Gasteiger charge is 2.20. The summed E-state index contributed by atoms with van der Waals surface area (Å²) < 4.78 is 38.3. The molecule has 3 rings (SSSR count). The van der Waals surface area contributed by atoms with Crippen molar-refractivity contribution in [1.29, 1.82) is 0 Å². The van der Waals surface area contributed by atoms with Gasteiger partial charge >= 0.3 is 0 Å². The van der Waals surface area contributed by atoms with E-state index in [-0.39, 0.29) is 28.2 Å². The first-order chi connectivity index (χ1) is 14.8. The molecule has 164 valence electrons. The normalized spacial score (nSPS) is 12.5. The van der Waals surface area contributed by atoms with Gasteiger partial charge in [-0.1, -0.05) is 18.2 Å². The third kappa shape index (κ3) is 4.89. The van der Waals surface area contributed by atoms with Crippen LogP contribution >= 0.6 is 0 Å². The predicted molar refractivity (Wildman–Crippen MR) is 119 cm³/mol. The fourth-order valence-corrected chi connectivity index (χ4v) is 5.01. The van der Waals surface area contributed by atoms with Crippen LogP contribution in [0.3, 0.4) is 0 Å². The van der Waals surface area contributed by atoms with Gasteiger partial charge in [-0.05, 0) is 63.2 Å². The largest absolute Gasteiger partial charge is 0.485 e. The molecule has 1 atom stereocenters. The summed E-state index contributed by atoms with van der Waals surface area (Å²) in [7, 11) is -1.93. The van der Waals surface area contributed by atoms with Crippen molar-refractivity contribution >= 4 is 15.6 Å². The van der Waals surface area contributed by atoms with Gasteiger partial charge in [-0.25, -0.2) is 8.42 Å². The standard InChI is InChI=1S/C24H27NO5S/c1-17-14-23(19(3)25(17)18(2)15-29-4)24(26)16-30-20-10-12-22(13-11-20)31(27,28)21-8-6-5-7-9-21/h5-14,18H,15-16H2,1-4H3. The molecule has 0 amide bonds. The molecule has 0 spiro atoms. The first kappa shape index (κ1) is 22.8. The van der Waals surface area contributed by atoms with Crippen molar-refractivity contribution < 1.29 is 22.7 Å². The van der Waals surface area contributed by atoms with Gasteiger partial charge in [0.2, 0.25) is 15.6 Å². The fourth-order valence-electron chi connectivity index (χ4n) is 3.73. The van der Waals surface area contributed by atoms with Crippen LogP contribution in [0, 0.1) is 13.8 Å². The highest BCUT2D eigenvalue weighted by Crippen LogP contribution is 2.24. The number of carbonyl (C=O) groups excluding carboxylic acids is 1. The predicted octanol–water partition coefficient (Wildman–Crippen LogP) is 4.41. The van der Waals surface area contributed by atoms with Gasteiger partial charge in [-0.3, -0.25) is 4.79 Å². The lowest BCUT2D eigenvalue weighted by Gasteiger charge is -2.17. The van der Waals surface area contributed by atoms with Crippen LogP contribution in [0.4, 0.5) is 0 Å². The SMILES string of the molecule is COCC(C)n1c(C)cc(C(=O)COc2ccc(S(=O)(=O)c3ccccc3)cc2)c1C. The number of carbonyl (C=O) groups is 1. The molecule has 6 nitrogen and oxygen atoms in total. The molecule has 7 heteroatoms. The number of ketones is 1. The monoisotopic (exact) mass is 441 g/mol. The molecular weight excluding hydrogens is 414 g/mol. The average molecular weight is 442 g/mol. The molecule has 0 saturated heterocycles. The van der Waals surface area contributed by atoms with E-state index in [0.717, 1.165) is 11.4 Å². The zero-order valence-electron chi connectivity index (χ0n) is 18.2. The fraction of sp³-hybridized carbons (Fsp3) is 0.292. The third-order valence-electron chi connectivity index (χ3n) is 5.19. The Kier molecular flexibility index (Phi) is 6.97. The van der Waals surface area contributed by atoms with E-state index in [1.807, 2.05) is 26.8 Å². The molecule has 0 N–H and O–H groups in total. The number of benzene rings is 2. The summed E-state index contributed by atoms with van der Waals surface area (Å²) in [5, 5.41) is 0. The lowest BCUT2D eigenvalue weighted by molar-refractivity contribution is 0.0920. The number of ether oxygens (including phenoxy) is 2. The topological polar surface area (TPSA) is 74.6 Å². The summed E-state index contributed by atoms with van der Waals surface area (Å²) in [4.78, 5) is 13.1. The summed E-state index contributed by atoms with van der Waals surface area (Å²) >= 11 is 0. The zero-order chi connectivity index (χ0) is 22.6. The van der Waals surface area contributed by atoms with E-state index in [1.54, 1.807) is 49.6 Å². The second kappa shape index (κ2) is 9.49. The van der Waals surface area contributed by atoms with Gasteiger partial charge in [0.05, 0.1) is 22.4 Å². The zero-order valence-corrected chi connectivity index (χ0v) is 19.0. The van der Waals surface area contributed by atoms with E-state index in [2.05, 4.69) is 4.57 Å². The molecule has 3 aromatic rings. The number of hydrogen-bond donors (Lipinski definition) is 0. The molecule has 0 aliphatic heterocycles. The maximum absolute atomic E-state index is 12.7. The first-order valence-electron chi connectivity index (χ1n) is 9.99. The minimum atomic E-state index is -3.59. The van der Waals surface area contributed by atoms with Crippen LogP contribution in [-0.4, -0.2) is 39.1 Å². The number of aromatic nitrogens is 1. The lowest BCUT2D eigenvalue weighted by Crippen LogP contribution is -2.16. The van der Waals surface area contributed by atoms with Gasteiger partial charge in [0.1, 0.15) is 5.75 Å². The third-order valence-corrected chi connectivity index (χ3v) is 6.98. The second-order valence-corrected chi connectivity index (χ2v) is 9.41. The van der Waals surface area contributed by atoms with Gasteiger partial charge in [0, 0.05) is 24.1 Å². The molecule has 0 aliphatic carbocycles. The van der Waals surface area contributed by atoms with Gasteiger partial charge in [0.15, 0.2) is 6.61 Å². The van der Waals surface area contributed by atoms with Crippen LogP contribution in [0.15, 0.2) is 70.5 Å². The molecule has 0 saturated carbocycles. The number of Topliss-reactive ketones (excluding diaryl/α,β-unsaturated/α-hetero) is 1. The molecule has 0 fully saturated rings. The van der Waals surface area contributed by atoms with Crippen molar-refractivity contribution in [3.05, 3.63) is 77.6 Å². The van der Waals surface area contributed by atoms with Crippen molar-refractivity contribution in [2.24, 2.45) is 0 Å². The Morgan fingerprint density at radius 1 is 1.00 bits per heavy atom. The van der Waals surface area contributed by atoms with Crippen molar-refractivity contribution in [3.8, 4) is 5.75 Å². The Balaban J connectivity index is 1.70. The maximum Gasteiger partial charge on any atom is 0.206 e. The van der Waals surface area contributed by atoms with Crippen LogP contribution in [0.2, 0.25) is 0 Å². The Morgan fingerprint density at radius 2 is 1.61 bits per heavy atom. The molecule has 2 aromatic carbocycles. The Morgan fingerprint density at radius 3 is 2.23 bits per heavy atom. The van der Waals surface area contributed by atoms with E-state index < -0.39 is 9.84 Å². The number of nitrogens with zero attached hydrogens (tertiary/aromatic N) is 1. The Bertz CT molecular complexity index is 1150. The van der Waals surface area contributed by atoms with Crippen LogP contribution in [0.25, 0.3) is 0 Å². The van der Waals surface area contributed by atoms with Crippen molar-refractivity contribution in [1.82, 2.24) is 4.57 Å². The number of hydrogen-bond acceptors (Lipinski definition) is 5. The quantitative estimate of drug-likeness (QED) is 0.460. The van der Waals surface area contributed by atoms with Gasteiger partial charge < -0.3 is 14.0 Å². The van der Waals surface area contributed by atoms with E-state index >= 15 is 0 Å². The summed E-state index contributed by atoms with van der Waals surface area (Å²) in [5.41, 5.74) is 2.48. The van der Waals surface area contributed by atoms with Gasteiger partial charge in [0.25, 0.3) is 0 Å². The summed E-state index contributed by atoms with van der Waals surface area (Å²) in [6, 6.07) is 16.3. The molecule has 1 aromatic heterocycles. The number of methoxy groups -OCH3 is 1. The van der Waals surface area contributed by atoms with Crippen LogP contribution in [0.5, 0.6) is 5.75 Å². The molecule has 31 heavy (non-hydrogen) atoms. The number of rotatable bonds is 9. The van der Waals surface area contributed by atoms with E-state index in [9.17, 15) is 13.2 Å². The smallest absolute Gasteiger partial charge is 0.206 e. The van der Waals surface area contributed by atoms with E-state index in [0.29, 0.717) is 17.9 Å². The van der Waals surface area contributed by atoms with Crippen molar-refractivity contribution in [2.45, 2.75) is 36.6 Å². The number of aryl methyl sites for hydroxylation is 1. The highest BCUT2D eigenvalue weighted by atomic mass is 32.2. The van der Waals surface area contributed by atoms with Gasteiger partial charge in [-0.15, -0.1) is 0 Å². The minimum Gasteiger partial charge on any atom is -0.485 e. The molecular formula is C24H27NO5S. The second-order valence-electron chi connectivity index (χ2n) is 7.46. The maximum atomic E-state index is 12.7. The molecule has 0 radical (unpaired) electrons. The van der Waals surface area contributed by atoms with Gasteiger partial charge in [-0.2, -0.15) is 0 Å². The summed E-state index contributed by atoms with van der Waals surface area (Å²) in [6.45, 7) is 6.34. The van der Waals surface area contributed by atoms with Crippen molar-refractivity contribution in [2.75, 3.05) is 20.3 Å². The average Bonchev–Trinajstić information content (AvgIpc) is 3.07. The Labute approximate surface area is 183 Å². The van der Waals surface area contributed by atoms with Crippen LogP contribution in [0.1, 0.15) is 34.7 Å². The highest BCUT2D eigenvalue weighted by molar-refractivity contribution is 7.91. The molecule has 0 bridgehead atoms. The molecule has 1 heterocycles. The number of sulfone groups is 1. The van der Waals surface area contributed by atoms with Crippen molar-refractivity contribution in [3.63, 3.8) is 0 Å².